The molecule has 0 saturated heterocycles. The van der Waals surface area contributed by atoms with Crippen LogP contribution in [0.2, 0.25) is 0 Å². The van der Waals surface area contributed by atoms with Gasteiger partial charge in [-0.05, 0) is 25.1 Å². The number of pyridine rings is 1. The van der Waals surface area contributed by atoms with E-state index in [0.717, 1.165) is 34.3 Å². The van der Waals surface area contributed by atoms with Gasteiger partial charge in [0.1, 0.15) is 22.1 Å². The molecule has 0 aliphatic rings. The Labute approximate surface area is 165 Å². The summed E-state index contributed by atoms with van der Waals surface area (Å²) in [5, 5.41) is 6.55. The zero-order chi connectivity index (χ0) is 21.3. The summed E-state index contributed by atoms with van der Waals surface area (Å²) in [6.07, 6.45) is -4.89. The second-order valence-corrected chi connectivity index (χ2v) is 7.13. The number of thiazole rings is 1. The molecule has 3 rings (SSSR count). The molecule has 0 aliphatic carbocycles. The first-order chi connectivity index (χ1) is 13.6. The fourth-order valence-corrected chi connectivity index (χ4v) is 3.40. The summed E-state index contributed by atoms with van der Waals surface area (Å²) in [4.78, 5) is 20.3. The number of rotatable bonds is 5. The van der Waals surface area contributed by atoms with Crippen molar-refractivity contribution in [3.05, 3.63) is 52.6 Å². The van der Waals surface area contributed by atoms with Crippen molar-refractivity contribution in [1.82, 2.24) is 25.1 Å². The molecule has 1 atom stereocenters. The highest BCUT2D eigenvalue weighted by Gasteiger charge is 2.32. The number of amides is 1. The lowest BCUT2D eigenvalue weighted by atomic mass is 10.2. The number of carbonyl (C=O) groups is 1. The van der Waals surface area contributed by atoms with Crippen molar-refractivity contribution >= 4 is 17.2 Å². The summed E-state index contributed by atoms with van der Waals surface area (Å²) >= 11 is 1.10. The van der Waals surface area contributed by atoms with Crippen LogP contribution in [-0.4, -0.2) is 25.7 Å². The Hall–Kier alpha value is -2.89. The molecule has 0 bridgehead atoms. The maximum Gasteiger partial charge on any atom is 0.433 e. The second kappa shape index (κ2) is 7.85. The molecule has 1 amide bonds. The molecule has 0 fully saturated rings. The number of nitrogens with zero attached hydrogens (tertiary/aromatic N) is 4. The maximum atomic E-state index is 12.8. The quantitative estimate of drug-likeness (QED) is 0.609. The van der Waals surface area contributed by atoms with Crippen LogP contribution in [0.3, 0.4) is 0 Å². The average Bonchev–Trinajstić information content (AvgIpc) is 3.28. The van der Waals surface area contributed by atoms with Crippen LogP contribution in [0.5, 0.6) is 0 Å². The first-order valence-electron chi connectivity index (χ1n) is 8.18. The molecule has 0 radical (unpaired) electrons. The number of nitrogens with one attached hydrogen (secondary N) is 1. The van der Waals surface area contributed by atoms with E-state index in [-0.39, 0.29) is 11.3 Å². The van der Waals surface area contributed by atoms with E-state index in [1.54, 1.807) is 6.92 Å². The molecule has 0 spiro atoms. The predicted octanol–water partition coefficient (Wildman–Crippen LogP) is 4.39. The lowest BCUT2D eigenvalue weighted by molar-refractivity contribution is -0.141. The minimum Gasteiger partial charge on any atom is -0.343 e. The molecule has 154 valence electrons. The summed E-state index contributed by atoms with van der Waals surface area (Å²) in [5.41, 5.74) is -1.33. The Bertz CT molecular complexity index is 1030. The van der Waals surface area contributed by atoms with Crippen LogP contribution >= 0.6 is 11.3 Å². The molecule has 0 aromatic carbocycles. The summed E-state index contributed by atoms with van der Waals surface area (Å²) in [7, 11) is 1.37. The Morgan fingerprint density at radius 2 is 1.97 bits per heavy atom. The number of aromatic nitrogens is 4. The van der Waals surface area contributed by atoms with Crippen LogP contribution < -0.4 is 5.32 Å². The molecular formula is C17H14F5N5OS. The van der Waals surface area contributed by atoms with Gasteiger partial charge in [-0.1, -0.05) is 0 Å². The molecule has 1 N–H and O–H groups in total. The Kier molecular flexibility index (Phi) is 5.64. The van der Waals surface area contributed by atoms with E-state index in [9.17, 15) is 26.7 Å². The van der Waals surface area contributed by atoms with Crippen molar-refractivity contribution in [2.75, 3.05) is 0 Å². The van der Waals surface area contributed by atoms with Gasteiger partial charge >= 0.3 is 6.18 Å². The largest absolute Gasteiger partial charge is 0.433 e. The molecule has 29 heavy (non-hydrogen) atoms. The minimum atomic E-state index is -4.57. The lowest BCUT2D eigenvalue weighted by Gasteiger charge is -2.11. The Balaban J connectivity index is 1.76. The van der Waals surface area contributed by atoms with E-state index in [1.807, 2.05) is 0 Å². The van der Waals surface area contributed by atoms with Gasteiger partial charge in [0, 0.05) is 29.9 Å². The monoisotopic (exact) mass is 431 g/mol. The lowest BCUT2D eigenvalue weighted by Crippen LogP contribution is -2.27. The zero-order valence-electron chi connectivity index (χ0n) is 15.0. The van der Waals surface area contributed by atoms with Gasteiger partial charge in [-0.25, -0.2) is 13.8 Å². The topological polar surface area (TPSA) is 72.7 Å². The van der Waals surface area contributed by atoms with Crippen LogP contribution in [0, 0.1) is 0 Å². The minimum absolute atomic E-state index is 0.0409. The third kappa shape index (κ3) is 4.58. The third-order valence-corrected chi connectivity index (χ3v) is 5.18. The van der Waals surface area contributed by atoms with Crippen LogP contribution in [0.25, 0.3) is 10.6 Å². The van der Waals surface area contributed by atoms with E-state index in [2.05, 4.69) is 20.4 Å². The first-order valence-corrected chi connectivity index (χ1v) is 9.00. The number of halogens is 5. The molecule has 3 heterocycles. The molecule has 1 unspecified atom stereocenters. The molecule has 6 nitrogen and oxygen atoms in total. The normalized spacial score (nSPS) is 13.0. The maximum absolute atomic E-state index is 12.8. The van der Waals surface area contributed by atoms with E-state index in [0.29, 0.717) is 9.88 Å². The SMILES string of the molecule is CC(NC(=O)c1cc(C(F)F)nn1C)c1cnc(-c2ccnc(C(F)(F)F)c2)s1. The van der Waals surface area contributed by atoms with Crippen LogP contribution in [0.15, 0.2) is 30.6 Å². The smallest absolute Gasteiger partial charge is 0.343 e. The van der Waals surface area contributed by atoms with Gasteiger partial charge in [0.05, 0.1) is 6.04 Å². The summed E-state index contributed by atoms with van der Waals surface area (Å²) in [5.74, 6) is -0.613. The van der Waals surface area contributed by atoms with E-state index in [1.165, 1.54) is 19.3 Å². The summed E-state index contributed by atoms with van der Waals surface area (Å²) in [6, 6.07) is 2.75. The Morgan fingerprint density at radius 1 is 1.24 bits per heavy atom. The highest BCUT2D eigenvalue weighted by atomic mass is 32.1. The standard InChI is InChI=1S/C17H14F5N5OS/c1-8(25-15(28)11-6-10(14(18)19)26-27(11)2)12-7-24-16(29-12)9-3-4-23-13(5-9)17(20,21)22/h3-8,14H,1-2H3,(H,25,28). The number of carbonyl (C=O) groups excluding carboxylic acids is 1. The van der Waals surface area contributed by atoms with Crippen molar-refractivity contribution in [3.8, 4) is 10.6 Å². The predicted molar refractivity (Wildman–Crippen MR) is 94.4 cm³/mol. The van der Waals surface area contributed by atoms with E-state index < -0.39 is 35.9 Å². The van der Waals surface area contributed by atoms with Gasteiger partial charge in [-0.15, -0.1) is 11.3 Å². The van der Waals surface area contributed by atoms with E-state index in [4.69, 9.17) is 0 Å². The first kappa shape index (κ1) is 20.8. The van der Waals surface area contributed by atoms with Gasteiger partial charge in [0.25, 0.3) is 12.3 Å². The van der Waals surface area contributed by atoms with E-state index >= 15 is 0 Å². The van der Waals surface area contributed by atoms with Crippen molar-refractivity contribution in [2.24, 2.45) is 7.05 Å². The van der Waals surface area contributed by atoms with Gasteiger partial charge in [0.15, 0.2) is 0 Å². The highest BCUT2D eigenvalue weighted by Crippen LogP contribution is 2.33. The zero-order valence-corrected chi connectivity index (χ0v) is 15.9. The number of hydrogen-bond donors (Lipinski definition) is 1. The summed E-state index contributed by atoms with van der Waals surface area (Å²) < 4.78 is 65.0. The third-order valence-electron chi connectivity index (χ3n) is 3.95. The van der Waals surface area contributed by atoms with Gasteiger partial charge in [-0.2, -0.15) is 18.3 Å². The van der Waals surface area contributed by atoms with Gasteiger partial charge in [0.2, 0.25) is 0 Å². The van der Waals surface area contributed by atoms with Crippen LogP contribution in [-0.2, 0) is 13.2 Å². The Morgan fingerprint density at radius 3 is 2.59 bits per heavy atom. The van der Waals surface area contributed by atoms with Gasteiger partial charge < -0.3 is 5.32 Å². The molecule has 3 aromatic heterocycles. The fourth-order valence-electron chi connectivity index (χ4n) is 2.49. The number of aryl methyl sites for hydroxylation is 1. The van der Waals surface area contributed by atoms with Crippen molar-refractivity contribution in [1.29, 1.82) is 0 Å². The van der Waals surface area contributed by atoms with Crippen molar-refractivity contribution in [3.63, 3.8) is 0 Å². The molecule has 12 heteroatoms. The number of hydrogen-bond acceptors (Lipinski definition) is 5. The fraction of sp³-hybridized carbons (Fsp3) is 0.294. The second-order valence-electron chi connectivity index (χ2n) is 6.07. The van der Waals surface area contributed by atoms with Crippen LogP contribution in [0.1, 0.15) is 46.1 Å². The highest BCUT2D eigenvalue weighted by molar-refractivity contribution is 7.15. The molecule has 0 saturated carbocycles. The van der Waals surface area contributed by atoms with Crippen LogP contribution in [0.4, 0.5) is 22.0 Å². The van der Waals surface area contributed by atoms with Crippen molar-refractivity contribution in [2.45, 2.75) is 25.6 Å². The summed E-state index contributed by atoms with van der Waals surface area (Å²) in [6.45, 7) is 1.65. The molecule has 0 aliphatic heterocycles. The van der Waals surface area contributed by atoms with Gasteiger partial charge in [-0.3, -0.25) is 14.5 Å². The van der Waals surface area contributed by atoms with Crippen molar-refractivity contribution < 1.29 is 26.7 Å². The average molecular weight is 431 g/mol. The number of alkyl halides is 5. The molecule has 3 aromatic rings. The molecular weight excluding hydrogens is 417 g/mol.